The van der Waals surface area contributed by atoms with Gasteiger partial charge in [-0.25, -0.2) is 4.68 Å². The molecule has 0 bridgehead atoms. The van der Waals surface area contributed by atoms with Gasteiger partial charge in [0, 0.05) is 23.2 Å². The fourth-order valence-corrected chi connectivity index (χ4v) is 2.87. The van der Waals surface area contributed by atoms with Crippen molar-refractivity contribution in [2.24, 2.45) is 0 Å². The second kappa shape index (κ2) is 9.39. The van der Waals surface area contributed by atoms with Gasteiger partial charge in [-0.2, -0.15) is 5.10 Å². The first kappa shape index (κ1) is 20.6. The quantitative estimate of drug-likeness (QED) is 0.646. The molecule has 2 aromatic carbocycles. The van der Waals surface area contributed by atoms with Crippen molar-refractivity contribution in [3.63, 3.8) is 0 Å². The van der Waals surface area contributed by atoms with Crippen LogP contribution in [0.2, 0.25) is 5.02 Å². The average molecular weight is 412 g/mol. The maximum absolute atomic E-state index is 12.3. The number of halogens is 1. The number of carbonyl (C=O) groups is 1. The van der Waals surface area contributed by atoms with Crippen molar-refractivity contribution in [3.8, 4) is 17.0 Å². The minimum absolute atomic E-state index is 0.222. The van der Waals surface area contributed by atoms with Gasteiger partial charge in [0.15, 0.2) is 6.10 Å². The Hall–Kier alpha value is -3.12. The van der Waals surface area contributed by atoms with Crippen LogP contribution in [0.1, 0.15) is 12.5 Å². The molecule has 0 saturated heterocycles. The van der Waals surface area contributed by atoms with E-state index in [1.165, 1.54) is 10.7 Å². The Labute approximate surface area is 174 Å². The molecule has 0 aliphatic carbocycles. The van der Waals surface area contributed by atoms with Crippen molar-refractivity contribution in [1.82, 2.24) is 15.1 Å². The predicted molar refractivity (Wildman–Crippen MR) is 113 cm³/mol. The standard InChI is InChI=1S/C22H22ClN3O3/c1-15-14-18(8-9-19(15)23)29-16(2)22(28)24-12-13-26-21(27)11-10-20(25-26)17-6-4-3-5-7-17/h3-11,14,16H,12-13H2,1-2H3,(H,24,28). The molecule has 1 aromatic heterocycles. The molecule has 1 amide bonds. The summed E-state index contributed by atoms with van der Waals surface area (Å²) in [6.07, 6.45) is -0.684. The molecule has 3 aromatic rings. The first-order chi connectivity index (χ1) is 13.9. The molecule has 0 spiro atoms. The molecule has 0 aliphatic rings. The molecule has 0 fully saturated rings. The van der Waals surface area contributed by atoms with Crippen LogP contribution in [0.5, 0.6) is 5.75 Å². The lowest BCUT2D eigenvalue weighted by molar-refractivity contribution is -0.127. The van der Waals surface area contributed by atoms with Gasteiger partial charge >= 0.3 is 0 Å². The zero-order valence-corrected chi connectivity index (χ0v) is 17.0. The van der Waals surface area contributed by atoms with E-state index >= 15 is 0 Å². The Balaban J connectivity index is 1.57. The summed E-state index contributed by atoms with van der Waals surface area (Å²) in [5, 5.41) is 7.80. The first-order valence-electron chi connectivity index (χ1n) is 9.28. The van der Waals surface area contributed by atoms with Crippen LogP contribution in [0.15, 0.2) is 65.5 Å². The van der Waals surface area contributed by atoms with E-state index in [9.17, 15) is 9.59 Å². The van der Waals surface area contributed by atoms with E-state index in [4.69, 9.17) is 16.3 Å². The van der Waals surface area contributed by atoms with Crippen LogP contribution in [-0.2, 0) is 11.3 Å². The topological polar surface area (TPSA) is 73.2 Å². The van der Waals surface area contributed by atoms with Crippen molar-refractivity contribution < 1.29 is 9.53 Å². The van der Waals surface area contributed by atoms with Crippen LogP contribution in [-0.4, -0.2) is 28.3 Å². The highest BCUT2D eigenvalue weighted by Crippen LogP contribution is 2.21. The van der Waals surface area contributed by atoms with Gasteiger partial charge in [-0.05, 0) is 43.7 Å². The molecular formula is C22H22ClN3O3. The van der Waals surface area contributed by atoms with Crippen LogP contribution in [0.3, 0.4) is 0 Å². The lowest BCUT2D eigenvalue weighted by atomic mass is 10.1. The molecule has 0 saturated carbocycles. The average Bonchev–Trinajstić information content (AvgIpc) is 2.72. The van der Waals surface area contributed by atoms with Gasteiger partial charge in [-0.1, -0.05) is 41.9 Å². The smallest absolute Gasteiger partial charge is 0.266 e. The fourth-order valence-electron chi connectivity index (χ4n) is 2.75. The van der Waals surface area contributed by atoms with E-state index in [-0.39, 0.29) is 24.6 Å². The highest BCUT2D eigenvalue weighted by atomic mass is 35.5. The van der Waals surface area contributed by atoms with Gasteiger partial charge in [-0.15, -0.1) is 0 Å². The minimum Gasteiger partial charge on any atom is -0.481 e. The number of carbonyl (C=O) groups excluding carboxylic acids is 1. The van der Waals surface area contributed by atoms with E-state index in [1.54, 1.807) is 31.2 Å². The fraction of sp³-hybridized carbons (Fsp3) is 0.227. The molecule has 1 heterocycles. The lowest BCUT2D eigenvalue weighted by Gasteiger charge is -2.15. The van der Waals surface area contributed by atoms with Crippen molar-refractivity contribution in [2.45, 2.75) is 26.5 Å². The molecule has 1 unspecified atom stereocenters. The number of ether oxygens (including phenoxy) is 1. The number of benzene rings is 2. The molecular weight excluding hydrogens is 390 g/mol. The summed E-state index contributed by atoms with van der Waals surface area (Å²) in [5.41, 5.74) is 2.28. The number of nitrogens with zero attached hydrogens (tertiary/aromatic N) is 2. The number of aryl methyl sites for hydroxylation is 1. The first-order valence-corrected chi connectivity index (χ1v) is 9.66. The summed E-state index contributed by atoms with van der Waals surface area (Å²) >= 11 is 6.00. The molecule has 7 heteroatoms. The molecule has 0 radical (unpaired) electrons. The maximum Gasteiger partial charge on any atom is 0.266 e. The van der Waals surface area contributed by atoms with Crippen molar-refractivity contribution in [1.29, 1.82) is 0 Å². The van der Waals surface area contributed by atoms with Crippen LogP contribution >= 0.6 is 11.6 Å². The number of hydrogen-bond acceptors (Lipinski definition) is 4. The zero-order chi connectivity index (χ0) is 20.8. The normalized spacial score (nSPS) is 11.7. The van der Waals surface area contributed by atoms with Crippen molar-refractivity contribution in [2.75, 3.05) is 6.54 Å². The van der Waals surface area contributed by atoms with Crippen molar-refractivity contribution >= 4 is 17.5 Å². The number of rotatable bonds is 7. The number of hydrogen-bond donors (Lipinski definition) is 1. The van der Waals surface area contributed by atoms with E-state index < -0.39 is 6.10 Å². The number of aromatic nitrogens is 2. The van der Waals surface area contributed by atoms with Crippen LogP contribution in [0.25, 0.3) is 11.3 Å². The Morgan fingerprint density at radius 3 is 2.66 bits per heavy atom. The SMILES string of the molecule is Cc1cc(OC(C)C(=O)NCCn2nc(-c3ccccc3)ccc2=O)ccc1Cl. The Kier molecular flexibility index (Phi) is 6.67. The highest BCUT2D eigenvalue weighted by molar-refractivity contribution is 6.31. The van der Waals surface area contributed by atoms with Crippen LogP contribution < -0.4 is 15.6 Å². The molecule has 3 rings (SSSR count). The largest absolute Gasteiger partial charge is 0.481 e. The summed E-state index contributed by atoms with van der Waals surface area (Å²) in [6, 6.07) is 18.0. The monoisotopic (exact) mass is 411 g/mol. The highest BCUT2D eigenvalue weighted by Gasteiger charge is 2.15. The van der Waals surface area contributed by atoms with Crippen molar-refractivity contribution in [3.05, 3.63) is 81.6 Å². The third-order valence-corrected chi connectivity index (χ3v) is 4.79. The number of amides is 1. The van der Waals surface area contributed by atoms with E-state index in [2.05, 4.69) is 10.4 Å². The van der Waals surface area contributed by atoms with E-state index in [0.717, 1.165) is 11.1 Å². The molecule has 0 aliphatic heterocycles. The van der Waals surface area contributed by atoms with Gasteiger partial charge in [0.1, 0.15) is 5.75 Å². The third kappa shape index (κ3) is 5.45. The van der Waals surface area contributed by atoms with Crippen LogP contribution in [0.4, 0.5) is 0 Å². The lowest BCUT2D eigenvalue weighted by Crippen LogP contribution is -2.39. The summed E-state index contributed by atoms with van der Waals surface area (Å²) < 4.78 is 7.00. The third-order valence-electron chi connectivity index (χ3n) is 4.37. The summed E-state index contributed by atoms with van der Waals surface area (Å²) in [6.45, 7) is 4.06. The van der Waals surface area contributed by atoms with E-state index in [0.29, 0.717) is 16.5 Å². The van der Waals surface area contributed by atoms with E-state index in [1.807, 2.05) is 37.3 Å². The van der Waals surface area contributed by atoms with Gasteiger partial charge in [0.25, 0.3) is 11.5 Å². The second-order valence-electron chi connectivity index (χ2n) is 6.61. The van der Waals surface area contributed by atoms with Gasteiger partial charge in [0.2, 0.25) is 0 Å². The Morgan fingerprint density at radius 2 is 1.93 bits per heavy atom. The van der Waals surface area contributed by atoms with Gasteiger partial charge < -0.3 is 10.1 Å². The molecule has 29 heavy (non-hydrogen) atoms. The van der Waals surface area contributed by atoms with Gasteiger partial charge in [-0.3, -0.25) is 9.59 Å². The summed E-state index contributed by atoms with van der Waals surface area (Å²) in [7, 11) is 0. The van der Waals surface area contributed by atoms with Gasteiger partial charge in [0.05, 0.1) is 12.2 Å². The number of nitrogens with one attached hydrogen (secondary N) is 1. The second-order valence-corrected chi connectivity index (χ2v) is 7.02. The van der Waals surface area contributed by atoms with Crippen LogP contribution in [0, 0.1) is 6.92 Å². The molecule has 1 atom stereocenters. The Morgan fingerprint density at radius 1 is 1.17 bits per heavy atom. The molecule has 1 N–H and O–H groups in total. The predicted octanol–water partition coefficient (Wildman–Crippen LogP) is 3.46. The molecule has 150 valence electrons. The summed E-state index contributed by atoms with van der Waals surface area (Å²) in [5.74, 6) is 0.299. The zero-order valence-electron chi connectivity index (χ0n) is 16.3. The summed E-state index contributed by atoms with van der Waals surface area (Å²) in [4.78, 5) is 24.4. The molecule has 6 nitrogen and oxygen atoms in total. The Bertz CT molecular complexity index is 1050. The maximum atomic E-state index is 12.3. The minimum atomic E-state index is -0.684.